The van der Waals surface area contributed by atoms with E-state index in [0.29, 0.717) is 23.7 Å². The summed E-state index contributed by atoms with van der Waals surface area (Å²) < 4.78 is 0. The molecule has 1 amide bonds. The van der Waals surface area contributed by atoms with E-state index in [2.05, 4.69) is 26.1 Å². The monoisotopic (exact) mass is 196 g/mol. The highest BCUT2D eigenvalue weighted by Gasteiger charge is 2.58. The van der Waals surface area contributed by atoms with Crippen molar-refractivity contribution in [3.05, 3.63) is 0 Å². The average Bonchev–Trinajstić information content (AvgIpc) is 2.55. The van der Waals surface area contributed by atoms with Crippen molar-refractivity contribution >= 4 is 5.91 Å². The van der Waals surface area contributed by atoms with Crippen LogP contribution in [0.2, 0.25) is 0 Å². The first-order chi connectivity index (χ1) is 6.43. The lowest BCUT2D eigenvalue weighted by Gasteiger charge is -2.32. The van der Waals surface area contributed by atoms with E-state index in [1.807, 2.05) is 11.9 Å². The number of rotatable bonds is 1. The third-order valence-electron chi connectivity index (χ3n) is 3.71. The maximum Gasteiger partial charge on any atom is 0.226 e. The molecule has 2 fully saturated rings. The summed E-state index contributed by atoms with van der Waals surface area (Å²) in [6.07, 6.45) is 0. The minimum Gasteiger partial charge on any atom is -0.341 e. The van der Waals surface area contributed by atoms with Gasteiger partial charge >= 0.3 is 0 Å². The molecule has 0 bridgehead atoms. The van der Waals surface area contributed by atoms with Crippen LogP contribution in [0.1, 0.15) is 20.8 Å². The topological polar surface area (TPSA) is 32.3 Å². The summed E-state index contributed by atoms with van der Waals surface area (Å²) in [5, 5.41) is 3.31. The smallest absolute Gasteiger partial charge is 0.226 e. The van der Waals surface area contributed by atoms with E-state index in [9.17, 15) is 4.79 Å². The number of carbonyl (C=O) groups excluding carboxylic acids is 1. The molecule has 0 radical (unpaired) electrons. The number of fused-ring (bicyclic) bond motifs is 1. The lowest BCUT2D eigenvalue weighted by Crippen LogP contribution is -2.44. The van der Waals surface area contributed by atoms with Gasteiger partial charge < -0.3 is 10.2 Å². The number of hydrogen-bond donors (Lipinski definition) is 1. The van der Waals surface area contributed by atoms with Crippen LogP contribution in [0.4, 0.5) is 0 Å². The zero-order valence-electron chi connectivity index (χ0n) is 9.50. The first-order valence-electron chi connectivity index (χ1n) is 5.41. The molecule has 1 saturated heterocycles. The molecule has 2 aliphatic rings. The molecule has 1 aliphatic heterocycles. The van der Waals surface area contributed by atoms with Crippen molar-refractivity contribution in [3.63, 3.8) is 0 Å². The Bertz CT molecular complexity index is 247. The molecule has 80 valence electrons. The molecule has 0 aromatic carbocycles. The van der Waals surface area contributed by atoms with Crippen molar-refractivity contribution < 1.29 is 4.79 Å². The fourth-order valence-electron chi connectivity index (χ4n) is 2.34. The standard InChI is InChI=1S/C11H20N2O/c1-11(2,3)13(4)10(14)9-7-5-12-6-8(7)9/h7-9,12H,5-6H2,1-4H3/t7-,8?,9?/m1/s1. The molecule has 0 aromatic rings. The number of amides is 1. The van der Waals surface area contributed by atoms with Gasteiger partial charge in [-0.2, -0.15) is 0 Å². The number of piperidine rings is 1. The number of nitrogens with zero attached hydrogens (tertiary/aromatic N) is 1. The van der Waals surface area contributed by atoms with Gasteiger partial charge in [-0.3, -0.25) is 4.79 Å². The van der Waals surface area contributed by atoms with Gasteiger partial charge in [-0.15, -0.1) is 0 Å². The highest BCUT2D eigenvalue weighted by molar-refractivity contribution is 5.83. The van der Waals surface area contributed by atoms with Crippen LogP contribution in [0.15, 0.2) is 0 Å². The van der Waals surface area contributed by atoms with Crippen LogP contribution in [0.5, 0.6) is 0 Å². The summed E-state index contributed by atoms with van der Waals surface area (Å²) in [5.74, 6) is 1.93. The Morgan fingerprint density at radius 2 is 1.79 bits per heavy atom. The van der Waals surface area contributed by atoms with Gasteiger partial charge in [-0.05, 0) is 45.7 Å². The third kappa shape index (κ3) is 1.44. The highest BCUT2D eigenvalue weighted by Crippen LogP contribution is 2.49. The number of hydrogen-bond acceptors (Lipinski definition) is 2. The molecule has 1 heterocycles. The quantitative estimate of drug-likeness (QED) is 0.670. The van der Waals surface area contributed by atoms with E-state index in [1.54, 1.807) is 0 Å². The van der Waals surface area contributed by atoms with Crippen LogP contribution in [0.25, 0.3) is 0 Å². The molecule has 0 spiro atoms. The fourth-order valence-corrected chi connectivity index (χ4v) is 2.34. The summed E-state index contributed by atoms with van der Waals surface area (Å²) in [4.78, 5) is 14.0. The Morgan fingerprint density at radius 3 is 2.21 bits per heavy atom. The zero-order valence-corrected chi connectivity index (χ0v) is 9.50. The van der Waals surface area contributed by atoms with Crippen molar-refractivity contribution in [2.24, 2.45) is 17.8 Å². The Morgan fingerprint density at radius 1 is 1.29 bits per heavy atom. The van der Waals surface area contributed by atoms with Crippen molar-refractivity contribution in [3.8, 4) is 0 Å². The van der Waals surface area contributed by atoms with E-state index < -0.39 is 0 Å². The summed E-state index contributed by atoms with van der Waals surface area (Å²) in [6.45, 7) is 8.34. The van der Waals surface area contributed by atoms with Gasteiger partial charge in [0.25, 0.3) is 0 Å². The summed E-state index contributed by atoms with van der Waals surface area (Å²) in [6, 6.07) is 0. The predicted octanol–water partition coefficient (Wildman–Crippen LogP) is 0.709. The Labute approximate surface area is 85.8 Å². The predicted molar refractivity (Wildman–Crippen MR) is 55.9 cm³/mol. The normalized spacial score (nSPS) is 35.3. The Kier molecular flexibility index (Phi) is 2.11. The van der Waals surface area contributed by atoms with Crippen LogP contribution < -0.4 is 5.32 Å². The van der Waals surface area contributed by atoms with Crippen molar-refractivity contribution in [2.45, 2.75) is 26.3 Å². The zero-order chi connectivity index (χ0) is 10.5. The van der Waals surface area contributed by atoms with E-state index in [4.69, 9.17) is 0 Å². The van der Waals surface area contributed by atoms with Gasteiger partial charge in [-0.1, -0.05) is 0 Å². The Balaban J connectivity index is 1.97. The molecule has 3 nitrogen and oxygen atoms in total. The lowest BCUT2D eigenvalue weighted by atomic mass is 10.1. The second-order valence-electron chi connectivity index (χ2n) is 5.58. The van der Waals surface area contributed by atoms with Crippen molar-refractivity contribution in [2.75, 3.05) is 20.1 Å². The van der Waals surface area contributed by atoms with E-state index in [0.717, 1.165) is 13.1 Å². The Hall–Kier alpha value is -0.570. The number of nitrogens with one attached hydrogen (secondary N) is 1. The second kappa shape index (κ2) is 2.96. The molecule has 1 N–H and O–H groups in total. The molecular weight excluding hydrogens is 176 g/mol. The maximum absolute atomic E-state index is 12.1. The molecule has 1 aliphatic carbocycles. The van der Waals surface area contributed by atoms with Crippen LogP contribution in [-0.4, -0.2) is 36.5 Å². The van der Waals surface area contributed by atoms with E-state index in [-0.39, 0.29) is 5.54 Å². The minimum absolute atomic E-state index is 0.0403. The van der Waals surface area contributed by atoms with Gasteiger partial charge in [-0.25, -0.2) is 0 Å². The molecule has 3 atom stereocenters. The molecule has 1 saturated carbocycles. The highest BCUT2D eigenvalue weighted by atomic mass is 16.2. The van der Waals surface area contributed by atoms with Gasteiger partial charge in [0.15, 0.2) is 0 Å². The van der Waals surface area contributed by atoms with E-state index >= 15 is 0 Å². The molecule has 2 rings (SSSR count). The van der Waals surface area contributed by atoms with Gasteiger partial charge in [0.2, 0.25) is 5.91 Å². The first-order valence-corrected chi connectivity index (χ1v) is 5.41. The van der Waals surface area contributed by atoms with Crippen LogP contribution in [0.3, 0.4) is 0 Å². The van der Waals surface area contributed by atoms with Crippen LogP contribution in [-0.2, 0) is 4.79 Å². The SMILES string of the molecule is CN(C(=O)C1C2CNC[C@H]21)C(C)(C)C. The summed E-state index contributed by atoms with van der Waals surface area (Å²) >= 11 is 0. The van der Waals surface area contributed by atoms with Crippen molar-refractivity contribution in [1.82, 2.24) is 10.2 Å². The second-order valence-corrected chi connectivity index (χ2v) is 5.58. The van der Waals surface area contributed by atoms with Gasteiger partial charge in [0, 0.05) is 18.5 Å². The molecular formula is C11H20N2O. The number of carbonyl (C=O) groups is 1. The van der Waals surface area contributed by atoms with Crippen molar-refractivity contribution in [1.29, 1.82) is 0 Å². The fraction of sp³-hybridized carbons (Fsp3) is 0.909. The largest absolute Gasteiger partial charge is 0.341 e. The molecule has 3 heteroatoms. The van der Waals surface area contributed by atoms with Crippen LogP contribution >= 0.6 is 0 Å². The molecule has 14 heavy (non-hydrogen) atoms. The summed E-state index contributed by atoms with van der Waals surface area (Å²) in [5.41, 5.74) is -0.0403. The molecule has 2 unspecified atom stereocenters. The maximum atomic E-state index is 12.1. The lowest BCUT2D eigenvalue weighted by molar-refractivity contribution is -0.136. The van der Waals surface area contributed by atoms with Crippen LogP contribution in [0, 0.1) is 17.8 Å². The first kappa shape index (κ1) is 9.97. The summed E-state index contributed by atoms with van der Waals surface area (Å²) in [7, 11) is 1.92. The van der Waals surface area contributed by atoms with E-state index in [1.165, 1.54) is 0 Å². The third-order valence-corrected chi connectivity index (χ3v) is 3.71. The minimum atomic E-state index is -0.0403. The molecule has 0 aromatic heterocycles. The average molecular weight is 196 g/mol. The van der Waals surface area contributed by atoms with Gasteiger partial charge in [0.05, 0.1) is 0 Å². The van der Waals surface area contributed by atoms with Gasteiger partial charge in [0.1, 0.15) is 0 Å².